The van der Waals surface area contributed by atoms with Gasteiger partial charge in [-0.25, -0.2) is 0 Å². The van der Waals surface area contributed by atoms with Crippen LogP contribution in [0.1, 0.15) is 15.8 Å². The van der Waals surface area contributed by atoms with Crippen LogP contribution >= 0.6 is 27.3 Å². The lowest BCUT2D eigenvalue weighted by molar-refractivity contribution is 0.567. The molecule has 5 heteroatoms. The zero-order valence-electron chi connectivity index (χ0n) is 9.39. The number of aryl methyl sites for hydroxylation is 1. The van der Waals surface area contributed by atoms with Crippen LogP contribution < -0.4 is 11.3 Å². The molecule has 0 radical (unpaired) electrons. The molecule has 1 atom stereocenters. The third kappa shape index (κ3) is 3.06. The smallest absolute Gasteiger partial charge is 0.250 e. The molecule has 2 aromatic rings. The Balaban J connectivity index is 2.21. The molecular weight excluding hydrogens is 300 g/mol. The molecule has 0 aliphatic rings. The Bertz CT molecular complexity index is 576. The molecular formula is C12H13BrN2OS. The second kappa shape index (κ2) is 5.16. The third-order valence-electron chi connectivity index (χ3n) is 2.47. The molecule has 1 unspecified atom stereocenters. The van der Waals surface area contributed by atoms with Gasteiger partial charge in [0.25, 0.3) is 5.56 Å². The highest BCUT2D eigenvalue weighted by atomic mass is 79.9. The lowest BCUT2D eigenvalue weighted by atomic mass is 10.2. The minimum atomic E-state index is -0.138. The van der Waals surface area contributed by atoms with Crippen molar-refractivity contribution in [3.63, 3.8) is 0 Å². The zero-order valence-corrected chi connectivity index (χ0v) is 11.8. The Morgan fingerprint density at radius 3 is 2.82 bits per heavy atom. The first-order chi connectivity index (χ1) is 8.06. The highest BCUT2D eigenvalue weighted by Crippen LogP contribution is 2.22. The maximum absolute atomic E-state index is 11.6. The number of rotatable bonds is 3. The van der Waals surface area contributed by atoms with Crippen molar-refractivity contribution < 1.29 is 0 Å². The normalized spacial score (nSPS) is 12.6. The number of thiophene rings is 1. The lowest BCUT2D eigenvalue weighted by Gasteiger charge is -2.12. The Morgan fingerprint density at radius 2 is 2.18 bits per heavy atom. The molecule has 3 nitrogen and oxygen atoms in total. The number of halogens is 1. The fraction of sp³-hybridized carbons (Fsp3) is 0.250. The molecule has 2 aromatic heterocycles. The van der Waals surface area contributed by atoms with Crippen LogP contribution in [0.2, 0.25) is 0 Å². The molecule has 0 aromatic carbocycles. The van der Waals surface area contributed by atoms with Gasteiger partial charge in [-0.1, -0.05) is 0 Å². The number of hydrogen-bond acceptors (Lipinski definition) is 3. The van der Waals surface area contributed by atoms with Crippen molar-refractivity contribution >= 4 is 27.3 Å². The Hall–Kier alpha value is -0.910. The van der Waals surface area contributed by atoms with E-state index in [4.69, 9.17) is 5.73 Å². The van der Waals surface area contributed by atoms with E-state index in [9.17, 15) is 4.79 Å². The molecule has 0 bridgehead atoms. The first-order valence-electron chi connectivity index (χ1n) is 5.24. The quantitative estimate of drug-likeness (QED) is 0.947. The lowest BCUT2D eigenvalue weighted by Crippen LogP contribution is -2.25. The van der Waals surface area contributed by atoms with Crippen molar-refractivity contribution in [3.8, 4) is 0 Å². The number of nitrogens with zero attached hydrogens (tertiary/aromatic N) is 1. The first kappa shape index (κ1) is 12.5. The minimum Gasteiger partial charge on any atom is -0.322 e. The van der Waals surface area contributed by atoms with Crippen molar-refractivity contribution in [2.75, 3.05) is 0 Å². The van der Waals surface area contributed by atoms with Gasteiger partial charge in [0.2, 0.25) is 0 Å². The van der Waals surface area contributed by atoms with E-state index in [1.807, 2.05) is 19.1 Å². The van der Waals surface area contributed by atoms with Crippen LogP contribution in [0.4, 0.5) is 0 Å². The molecule has 0 saturated carbocycles. The van der Waals surface area contributed by atoms with E-state index in [2.05, 4.69) is 15.9 Å². The zero-order chi connectivity index (χ0) is 12.4. The van der Waals surface area contributed by atoms with Gasteiger partial charge in [0, 0.05) is 33.0 Å². The monoisotopic (exact) mass is 312 g/mol. The highest BCUT2D eigenvalue weighted by molar-refractivity contribution is 9.10. The third-order valence-corrected chi connectivity index (χ3v) is 4.07. The summed E-state index contributed by atoms with van der Waals surface area (Å²) in [4.78, 5) is 14.0. The minimum absolute atomic E-state index is 0.0306. The standard InChI is InChI=1S/C12H13BrN2OS/c1-8-2-4-11(17-8)10(14)7-15-6-9(13)3-5-12(15)16/h2-6,10H,7,14H2,1H3. The van der Waals surface area contributed by atoms with Gasteiger partial charge in [-0.2, -0.15) is 0 Å². The molecule has 2 rings (SSSR count). The van der Waals surface area contributed by atoms with Crippen molar-refractivity contribution in [1.82, 2.24) is 4.57 Å². The SMILES string of the molecule is Cc1ccc(C(N)Cn2cc(Br)ccc2=O)s1. The van der Waals surface area contributed by atoms with Gasteiger partial charge in [-0.3, -0.25) is 4.79 Å². The summed E-state index contributed by atoms with van der Waals surface area (Å²) >= 11 is 5.02. The summed E-state index contributed by atoms with van der Waals surface area (Å²) in [6.45, 7) is 2.55. The average molecular weight is 313 g/mol. The van der Waals surface area contributed by atoms with Crippen LogP contribution in [0, 0.1) is 6.92 Å². The van der Waals surface area contributed by atoms with Gasteiger partial charge in [-0.15, -0.1) is 11.3 Å². The second-order valence-corrected chi connectivity index (χ2v) is 6.13. The van der Waals surface area contributed by atoms with E-state index in [1.54, 1.807) is 28.2 Å². The summed E-state index contributed by atoms with van der Waals surface area (Å²) in [5.74, 6) is 0. The molecule has 17 heavy (non-hydrogen) atoms. The Morgan fingerprint density at radius 1 is 1.41 bits per heavy atom. The molecule has 2 N–H and O–H groups in total. The number of pyridine rings is 1. The second-order valence-electron chi connectivity index (χ2n) is 3.89. The van der Waals surface area contributed by atoms with Gasteiger partial charge in [0.15, 0.2) is 0 Å². The summed E-state index contributed by atoms with van der Waals surface area (Å²) in [5.41, 5.74) is 6.06. The van der Waals surface area contributed by atoms with E-state index in [-0.39, 0.29) is 11.6 Å². The maximum atomic E-state index is 11.6. The van der Waals surface area contributed by atoms with Crippen LogP contribution in [-0.2, 0) is 6.54 Å². The van der Waals surface area contributed by atoms with Crippen molar-refractivity contribution in [2.45, 2.75) is 19.5 Å². The Kier molecular flexibility index (Phi) is 3.81. The summed E-state index contributed by atoms with van der Waals surface area (Å²) in [7, 11) is 0. The van der Waals surface area contributed by atoms with Crippen LogP contribution in [0.25, 0.3) is 0 Å². The molecule has 2 heterocycles. The van der Waals surface area contributed by atoms with Gasteiger partial charge in [-0.05, 0) is 41.1 Å². The van der Waals surface area contributed by atoms with Gasteiger partial charge < -0.3 is 10.3 Å². The topological polar surface area (TPSA) is 48.0 Å². The molecule has 90 valence electrons. The van der Waals surface area contributed by atoms with Crippen molar-refractivity contribution in [1.29, 1.82) is 0 Å². The summed E-state index contributed by atoms with van der Waals surface area (Å²) in [5, 5.41) is 0. The number of hydrogen-bond donors (Lipinski definition) is 1. The van der Waals surface area contributed by atoms with E-state index in [0.717, 1.165) is 9.35 Å². The molecule has 0 spiro atoms. The fourth-order valence-corrected chi connectivity index (χ4v) is 2.85. The van der Waals surface area contributed by atoms with Gasteiger partial charge in [0.1, 0.15) is 0 Å². The summed E-state index contributed by atoms with van der Waals surface area (Å²) in [6, 6.07) is 7.20. The van der Waals surface area contributed by atoms with Crippen LogP contribution in [-0.4, -0.2) is 4.57 Å². The maximum Gasteiger partial charge on any atom is 0.250 e. The molecule has 0 fully saturated rings. The average Bonchev–Trinajstić information content (AvgIpc) is 2.70. The van der Waals surface area contributed by atoms with E-state index >= 15 is 0 Å². The van der Waals surface area contributed by atoms with Gasteiger partial charge in [0.05, 0.1) is 6.04 Å². The van der Waals surface area contributed by atoms with E-state index in [1.165, 1.54) is 10.9 Å². The highest BCUT2D eigenvalue weighted by Gasteiger charge is 2.09. The fourth-order valence-electron chi connectivity index (χ4n) is 1.60. The summed E-state index contributed by atoms with van der Waals surface area (Å²) < 4.78 is 2.51. The van der Waals surface area contributed by atoms with Crippen molar-refractivity contribution in [3.05, 3.63) is 55.0 Å². The van der Waals surface area contributed by atoms with E-state index < -0.39 is 0 Å². The first-order valence-corrected chi connectivity index (χ1v) is 6.85. The Labute approximate surface area is 112 Å². The predicted octanol–water partition coefficient (Wildman–Crippen LogP) is 2.68. The number of aromatic nitrogens is 1. The summed E-state index contributed by atoms with van der Waals surface area (Å²) in [6.07, 6.45) is 1.77. The predicted molar refractivity (Wildman–Crippen MR) is 74.4 cm³/mol. The van der Waals surface area contributed by atoms with Gasteiger partial charge >= 0.3 is 0 Å². The molecule has 0 amide bonds. The largest absolute Gasteiger partial charge is 0.322 e. The number of nitrogens with two attached hydrogens (primary N) is 1. The van der Waals surface area contributed by atoms with Crippen LogP contribution in [0.3, 0.4) is 0 Å². The molecule has 0 aliphatic carbocycles. The van der Waals surface area contributed by atoms with Crippen LogP contribution in [0.5, 0.6) is 0 Å². The van der Waals surface area contributed by atoms with E-state index in [0.29, 0.717) is 6.54 Å². The van der Waals surface area contributed by atoms with Crippen molar-refractivity contribution in [2.24, 2.45) is 5.73 Å². The molecule has 0 saturated heterocycles. The van der Waals surface area contributed by atoms with Crippen LogP contribution in [0.15, 0.2) is 39.7 Å². The molecule has 0 aliphatic heterocycles.